The lowest BCUT2D eigenvalue weighted by Crippen LogP contribution is -2.36. The summed E-state index contributed by atoms with van der Waals surface area (Å²) in [5, 5.41) is 8.72. The number of hydrogen-bond acceptors (Lipinski definition) is 3. The van der Waals surface area contributed by atoms with Gasteiger partial charge in [0.05, 0.1) is 6.61 Å². The van der Waals surface area contributed by atoms with E-state index in [4.69, 9.17) is 5.11 Å². The Morgan fingerprint density at radius 3 is 2.17 bits per heavy atom. The molecule has 2 atom stereocenters. The molecule has 0 saturated carbocycles. The van der Waals surface area contributed by atoms with Crippen molar-refractivity contribution in [3.8, 4) is 0 Å². The fourth-order valence-corrected chi connectivity index (χ4v) is 0.783. The molecular formula is C7H14F2O3. The van der Waals surface area contributed by atoms with Gasteiger partial charge in [-0.15, -0.1) is 0 Å². The van der Waals surface area contributed by atoms with Crippen molar-refractivity contribution in [2.75, 3.05) is 13.7 Å². The molecule has 1 saturated heterocycles. The summed E-state index contributed by atoms with van der Waals surface area (Å²) in [6.07, 6.45) is -6.19. The number of rotatable bonds is 1. The average Bonchev–Trinajstić information content (AvgIpc) is 2.32. The van der Waals surface area contributed by atoms with Gasteiger partial charge in [-0.25, -0.2) is 0 Å². The fraction of sp³-hybridized carbons (Fsp3) is 1.00. The van der Waals surface area contributed by atoms with Crippen molar-refractivity contribution < 1.29 is 23.4 Å². The number of alkyl halides is 2. The molecule has 0 bridgehead atoms. The number of methoxy groups -OCH3 is 1. The van der Waals surface area contributed by atoms with Crippen LogP contribution < -0.4 is 0 Å². The van der Waals surface area contributed by atoms with Gasteiger partial charge >= 0.3 is 6.11 Å². The summed E-state index contributed by atoms with van der Waals surface area (Å²) in [5.41, 5.74) is 0. The molecule has 0 radical (unpaired) electrons. The summed E-state index contributed by atoms with van der Waals surface area (Å²) < 4.78 is 32.9. The van der Waals surface area contributed by atoms with E-state index in [1.807, 2.05) is 13.8 Å². The van der Waals surface area contributed by atoms with Crippen molar-refractivity contribution in [2.24, 2.45) is 0 Å². The lowest BCUT2D eigenvalue weighted by atomic mass is 10.2. The number of hydrogen-bond donors (Lipinski definition) is 1. The van der Waals surface area contributed by atoms with E-state index in [0.29, 0.717) is 0 Å². The second kappa shape index (κ2) is 4.69. The van der Waals surface area contributed by atoms with Gasteiger partial charge in [-0.05, 0) is 0 Å². The molecule has 1 heterocycles. The van der Waals surface area contributed by atoms with Crippen LogP contribution in [-0.2, 0) is 9.47 Å². The van der Waals surface area contributed by atoms with Gasteiger partial charge in [-0.1, -0.05) is 13.8 Å². The van der Waals surface area contributed by atoms with Crippen LogP contribution in [0.15, 0.2) is 0 Å². The molecule has 0 aromatic carbocycles. The van der Waals surface area contributed by atoms with Crippen LogP contribution in [-0.4, -0.2) is 37.1 Å². The number of ether oxygens (including phenoxy) is 2. The Morgan fingerprint density at radius 2 is 2.00 bits per heavy atom. The summed E-state index contributed by atoms with van der Waals surface area (Å²) in [7, 11) is 1.25. The third kappa shape index (κ3) is 2.36. The third-order valence-electron chi connectivity index (χ3n) is 1.44. The minimum absolute atomic E-state index is 0.259. The largest absolute Gasteiger partial charge is 0.384 e. The Hall–Kier alpha value is -0.260. The van der Waals surface area contributed by atoms with Gasteiger partial charge in [-0.2, -0.15) is 8.78 Å². The molecule has 5 heteroatoms. The first kappa shape index (κ1) is 11.7. The third-order valence-corrected chi connectivity index (χ3v) is 1.44. The first-order valence-electron chi connectivity index (χ1n) is 3.80. The maximum atomic E-state index is 12.2. The van der Waals surface area contributed by atoms with Crippen LogP contribution >= 0.6 is 0 Å². The van der Waals surface area contributed by atoms with E-state index < -0.39 is 18.3 Å². The van der Waals surface area contributed by atoms with Crippen molar-refractivity contribution in [3.05, 3.63) is 0 Å². The SMILES string of the molecule is CC.COC1COC(F)(F)C1O. The highest BCUT2D eigenvalue weighted by Gasteiger charge is 2.51. The van der Waals surface area contributed by atoms with E-state index >= 15 is 0 Å². The first-order valence-corrected chi connectivity index (χ1v) is 3.80. The van der Waals surface area contributed by atoms with Crippen molar-refractivity contribution in [3.63, 3.8) is 0 Å². The van der Waals surface area contributed by atoms with Crippen LogP contribution in [0.25, 0.3) is 0 Å². The van der Waals surface area contributed by atoms with Crippen LogP contribution in [0.2, 0.25) is 0 Å². The highest BCUT2D eigenvalue weighted by molar-refractivity contribution is 4.83. The maximum Gasteiger partial charge on any atom is 0.384 e. The summed E-state index contributed by atoms with van der Waals surface area (Å²) in [5.74, 6) is 0. The molecule has 0 aliphatic carbocycles. The molecule has 1 fully saturated rings. The molecule has 1 rings (SSSR count). The van der Waals surface area contributed by atoms with E-state index in [1.54, 1.807) is 0 Å². The predicted octanol–water partition coefficient (Wildman–Crippen LogP) is 1.01. The second-order valence-electron chi connectivity index (χ2n) is 2.09. The van der Waals surface area contributed by atoms with Gasteiger partial charge in [0.1, 0.15) is 6.10 Å². The van der Waals surface area contributed by atoms with Gasteiger partial charge in [-0.3, -0.25) is 0 Å². The van der Waals surface area contributed by atoms with Gasteiger partial charge in [0, 0.05) is 7.11 Å². The molecule has 12 heavy (non-hydrogen) atoms. The standard InChI is InChI=1S/C5H8F2O3.C2H6/c1-9-3-2-10-5(6,7)4(3)8;1-2/h3-4,8H,2H2,1H3;1-2H3. The summed E-state index contributed by atoms with van der Waals surface area (Å²) >= 11 is 0. The zero-order chi connectivity index (χ0) is 9.78. The minimum Gasteiger partial charge on any atom is -0.381 e. The van der Waals surface area contributed by atoms with Crippen LogP contribution in [0, 0.1) is 0 Å². The molecule has 2 unspecified atom stereocenters. The molecule has 1 N–H and O–H groups in total. The Balaban J connectivity index is 0.000000561. The fourth-order valence-electron chi connectivity index (χ4n) is 0.783. The van der Waals surface area contributed by atoms with Crippen molar-refractivity contribution in [2.45, 2.75) is 32.2 Å². The summed E-state index contributed by atoms with van der Waals surface area (Å²) in [4.78, 5) is 0. The van der Waals surface area contributed by atoms with E-state index in [9.17, 15) is 8.78 Å². The van der Waals surface area contributed by atoms with Crippen molar-refractivity contribution in [1.29, 1.82) is 0 Å². The minimum atomic E-state index is -3.44. The predicted molar refractivity (Wildman–Crippen MR) is 39.1 cm³/mol. The number of halogens is 2. The Kier molecular flexibility index (Phi) is 4.59. The van der Waals surface area contributed by atoms with Gasteiger partial charge in [0.2, 0.25) is 0 Å². The zero-order valence-corrected chi connectivity index (χ0v) is 7.38. The summed E-state index contributed by atoms with van der Waals surface area (Å²) in [6.45, 7) is 3.74. The zero-order valence-electron chi connectivity index (χ0n) is 7.38. The Labute approximate surface area is 70.3 Å². The van der Waals surface area contributed by atoms with Gasteiger partial charge in [0.15, 0.2) is 6.10 Å². The van der Waals surface area contributed by atoms with E-state index in [2.05, 4.69) is 9.47 Å². The molecule has 1 aliphatic rings. The smallest absolute Gasteiger partial charge is 0.381 e. The van der Waals surface area contributed by atoms with Gasteiger partial charge < -0.3 is 14.6 Å². The van der Waals surface area contributed by atoms with Crippen LogP contribution in [0.4, 0.5) is 8.78 Å². The van der Waals surface area contributed by atoms with Crippen LogP contribution in [0.1, 0.15) is 13.8 Å². The molecule has 0 spiro atoms. The van der Waals surface area contributed by atoms with E-state index in [0.717, 1.165) is 0 Å². The Bertz CT molecular complexity index is 130. The Morgan fingerprint density at radius 1 is 1.50 bits per heavy atom. The molecular weight excluding hydrogens is 170 g/mol. The summed E-state index contributed by atoms with van der Waals surface area (Å²) in [6, 6.07) is 0. The normalized spacial score (nSPS) is 32.5. The second-order valence-corrected chi connectivity index (χ2v) is 2.09. The van der Waals surface area contributed by atoms with E-state index in [1.165, 1.54) is 7.11 Å². The topological polar surface area (TPSA) is 38.7 Å². The highest BCUT2D eigenvalue weighted by Crippen LogP contribution is 2.30. The molecule has 0 aromatic heterocycles. The van der Waals surface area contributed by atoms with Crippen molar-refractivity contribution >= 4 is 0 Å². The number of aliphatic hydroxyl groups excluding tert-OH is 1. The number of aliphatic hydroxyl groups is 1. The molecule has 3 nitrogen and oxygen atoms in total. The van der Waals surface area contributed by atoms with E-state index in [-0.39, 0.29) is 6.61 Å². The molecule has 0 aromatic rings. The van der Waals surface area contributed by atoms with Crippen LogP contribution in [0.3, 0.4) is 0 Å². The average molecular weight is 184 g/mol. The maximum absolute atomic E-state index is 12.2. The van der Waals surface area contributed by atoms with Crippen molar-refractivity contribution in [1.82, 2.24) is 0 Å². The quantitative estimate of drug-likeness (QED) is 0.661. The lowest BCUT2D eigenvalue weighted by molar-refractivity contribution is -0.249. The monoisotopic (exact) mass is 184 g/mol. The first-order chi connectivity index (χ1) is 5.58. The molecule has 0 amide bonds. The van der Waals surface area contributed by atoms with Gasteiger partial charge in [0.25, 0.3) is 0 Å². The lowest BCUT2D eigenvalue weighted by Gasteiger charge is -2.13. The van der Waals surface area contributed by atoms with Crippen LogP contribution in [0.5, 0.6) is 0 Å². The molecule has 1 aliphatic heterocycles. The highest BCUT2D eigenvalue weighted by atomic mass is 19.3. The molecule has 74 valence electrons.